The monoisotopic (exact) mass is 482 g/mol. The molecule has 1 aliphatic carbocycles. The van der Waals surface area contributed by atoms with E-state index in [-0.39, 0.29) is 35.7 Å². The summed E-state index contributed by atoms with van der Waals surface area (Å²) in [6.07, 6.45) is 4.98. The van der Waals surface area contributed by atoms with Crippen LogP contribution in [0.1, 0.15) is 35.7 Å². The number of piperidine rings is 1. The highest BCUT2D eigenvalue weighted by atomic mass is 16.5. The largest absolute Gasteiger partial charge is 0.482 e. The number of carbonyl (C=O) groups is 3. The van der Waals surface area contributed by atoms with Crippen molar-refractivity contribution in [3.63, 3.8) is 0 Å². The Morgan fingerprint density at radius 1 is 1.19 bits per heavy atom. The maximum atomic E-state index is 13.8. The molecule has 182 valence electrons. The average Bonchev–Trinajstić information content (AvgIpc) is 3.42. The normalized spacial score (nSPS) is 32.1. The van der Waals surface area contributed by atoms with E-state index < -0.39 is 0 Å². The minimum Gasteiger partial charge on any atom is -0.482 e. The molecule has 0 saturated carbocycles. The summed E-state index contributed by atoms with van der Waals surface area (Å²) in [4.78, 5) is 38.1. The lowest BCUT2D eigenvalue weighted by atomic mass is 9.61. The quantitative estimate of drug-likeness (QED) is 0.301. The number of aldehydes is 1. The fraction of sp³-hybridized carbons (Fsp3) is 0.345. The van der Waals surface area contributed by atoms with Gasteiger partial charge in [0.15, 0.2) is 6.61 Å². The van der Waals surface area contributed by atoms with Gasteiger partial charge in [-0.2, -0.15) is 0 Å². The Kier molecular flexibility index (Phi) is 4.43. The highest BCUT2D eigenvalue weighted by Gasteiger charge is 2.68. The van der Waals surface area contributed by atoms with Crippen LogP contribution in [0, 0.1) is 5.92 Å². The molecule has 1 spiro atoms. The number of ether oxygens (including phenoxy) is 1. The number of rotatable bonds is 4. The van der Waals surface area contributed by atoms with Crippen LogP contribution in [0.25, 0.3) is 0 Å². The molecule has 1 amide bonds. The number of fused-ring (bicyclic) bond motifs is 3. The molecule has 4 aliphatic heterocycles. The summed E-state index contributed by atoms with van der Waals surface area (Å²) in [6, 6.07) is 13.9. The van der Waals surface area contributed by atoms with Gasteiger partial charge >= 0.3 is 0 Å². The van der Waals surface area contributed by atoms with Gasteiger partial charge in [0.25, 0.3) is 5.91 Å². The third-order valence-electron chi connectivity index (χ3n) is 9.25. The number of anilines is 2. The second kappa shape index (κ2) is 7.40. The summed E-state index contributed by atoms with van der Waals surface area (Å²) in [5.74, 6) is 0.537. The van der Waals surface area contributed by atoms with E-state index in [0.29, 0.717) is 28.0 Å². The number of hydrogen-bond acceptors (Lipinski definition) is 5. The van der Waals surface area contributed by atoms with Gasteiger partial charge < -0.3 is 19.9 Å². The second-order valence-electron chi connectivity index (χ2n) is 10.7. The van der Waals surface area contributed by atoms with Gasteiger partial charge in [-0.1, -0.05) is 24.3 Å². The van der Waals surface area contributed by atoms with Crippen molar-refractivity contribution in [2.45, 2.75) is 31.2 Å². The number of hydrogen-bond donors (Lipinski definition) is 2. The molecule has 7 heteroatoms. The van der Waals surface area contributed by atoms with Gasteiger partial charge in [-0.15, -0.1) is 0 Å². The van der Waals surface area contributed by atoms with Crippen LogP contribution < -0.4 is 15.4 Å². The number of nitrogens with zero attached hydrogens (tertiary/aromatic N) is 1. The molecule has 4 heterocycles. The molecule has 2 N–H and O–H groups in total. The topological polar surface area (TPSA) is 84.5 Å². The number of Topliss-reactive ketones (excluding diaryl/α,β-unsaturated/α-hetero) is 1. The molecule has 5 aliphatic rings. The van der Waals surface area contributed by atoms with Gasteiger partial charge in [-0.05, 0) is 42.3 Å². The van der Waals surface area contributed by atoms with Crippen LogP contribution in [0.4, 0.5) is 11.4 Å². The smallest absolute Gasteiger partial charge is 0.262 e. The lowest BCUT2D eigenvalue weighted by Crippen LogP contribution is -2.64. The molecule has 2 bridgehead atoms. The summed E-state index contributed by atoms with van der Waals surface area (Å²) in [5, 5.41) is 6.46. The zero-order valence-corrected chi connectivity index (χ0v) is 20.2. The van der Waals surface area contributed by atoms with E-state index in [4.69, 9.17) is 4.74 Å². The third-order valence-corrected chi connectivity index (χ3v) is 9.25. The molecule has 2 aromatic carbocycles. The van der Waals surface area contributed by atoms with Crippen molar-refractivity contribution in [2.75, 3.05) is 36.9 Å². The van der Waals surface area contributed by atoms with Crippen molar-refractivity contribution in [2.24, 2.45) is 5.92 Å². The lowest BCUT2D eigenvalue weighted by Gasteiger charge is -2.53. The number of para-hydroxylation sites is 1. The number of quaternary nitrogens is 1. The number of carbonyl (C=O) groups excluding carboxylic acids is 3. The molecule has 4 atom stereocenters. The highest BCUT2D eigenvalue weighted by Crippen LogP contribution is 2.63. The van der Waals surface area contributed by atoms with Gasteiger partial charge in [-0.3, -0.25) is 14.4 Å². The van der Waals surface area contributed by atoms with Gasteiger partial charge in [-0.25, -0.2) is 0 Å². The Hall–Kier alpha value is -3.71. The Bertz CT molecular complexity index is 1430. The van der Waals surface area contributed by atoms with Crippen LogP contribution in [-0.2, 0) is 15.0 Å². The van der Waals surface area contributed by atoms with Gasteiger partial charge in [0.1, 0.15) is 31.2 Å². The molecule has 0 aromatic heterocycles. The zero-order valence-electron chi connectivity index (χ0n) is 20.2. The van der Waals surface area contributed by atoms with E-state index in [1.807, 2.05) is 13.0 Å². The predicted octanol–water partition coefficient (Wildman–Crippen LogP) is 3.59. The number of allylic oxidation sites excluding steroid dienone is 2. The van der Waals surface area contributed by atoms with Crippen molar-refractivity contribution in [1.82, 2.24) is 0 Å². The van der Waals surface area contributed by atoms with Crippen LogP contribution >= 0.6 is 0 Å². The second-order valence-corrected chi connectivity index (χ2v) is 10.7. The summed E-state index contributed by atoms with van der Waals surface area (Å²) in [6.45, 7) is 4.07. The van der Waals surface area contributed by atoms with Crippen LogP contribution in [0.15, 0.2) is 65.4 Å². The number of benzene rings is 2. The highest BCUT2D eigenvalue weighted by molar-refractivity contribution is 6.01. The van der Waals surface area contributed by atoms with Crippen molar-refractivity contribution in [3.05, 3.63) is 76.5 Å². The standard InChI is InChI=1S/C29H27N3O4/c1-2-17-13-32(14-24(34)18-7-8-25-23(11-18)30-27(35)16-36-25)10-9-29-21-5-3-4-6-22(21)31-28(29)20(15-33)19(17)12-26(29)32/h2-8,11,15,19,26H,9-10,12-14,16H2,1H3,(H-,30,31,33,35)/p+1/b17-2-/t19-,26-,29+,32+/m0/s1. The molecule has 2 fully saturated rings. The van der Waals surface area contributed by atoms with E-state index in [9.17, 15) is 14.4 Å². The Balaban J connectivity index is 1.32. The first-order valence-electron chi connectivity index (χ1n) is 12.7. The third kappa shape index (κ3) is 2.69. The van der Waals surface area contributed by atoms with Crippen molar-refractivity contribution >= 4 is 29.4 Å². The van der Waals surface area contributed by atoms with Crippen molar-refractivity contribution in [1.29, 1.82) is 0 Å². The van der Waals surface area contributed by atoms with Gasteiger partial charge in [0.05, 0.1) is 17.6 Å². The number of nitrogens with one attached hydrogen (secondary N) is 2. The minimum absolute atomic E-state index is 0.00844. The molecule has 0 radical (unpaired) electrons. The van der Waals surface area contributed by atoms with Crippen LogP contribution in [0.2, 0.25) is 0 Å². The van der Waals surface area contributed by atoms with Crippen LogP contribution in [0.5, 0.6) is 5.75 Å². The molecular formula is C29H28N3O4+. The fourth-order valence-electron chi connectivity index (χ4n) is 7.76. The maximum absolute atomic E-state index is 13.8. The molecule has 7 nitrogen and oxygen atoms in total. The molecule has 2 saturated heterocycles. The van der Waals surface area contributed by atoms with Gasteiger partial charge in [0, 0.05) is 41.3 Å². The van der Waals surface area contributed by atoms with E-state index in [1.165, 1.54) is 11.1 Å². The minimum atomic E-state index is -0.263. The fourth-order valence-corrected chi connectivity index (χ4v) is 7.76. The van der Waals surface area contributed by atoms with E-state index in [1.54, 1.807) is 18.2 Å². The number of ketones is 1. The first kappa shape index (κ1) is 21.6. The van der Waals surface area contributed by atoms with E-state index >= 15 is 0 Å². The SMILES string of the molecule is C/C=C1/C[N@@+]2(CC(=O)c3ccc4c(c3)NC(=O)CO4)CC[C@]34C(=C(C=O)[C@H]1C[C@@H]32)Nc1ccccc14. The van der Waals surface area contributed by atoms with Gasteiger partial charge in [0.2, 0.25) is 5.78 Å². The number of amides is 1. The Morgan fingerprint density at radius 2 is 2.06 bits per heavy atom. The van der Waals surface area contributed by atoms with E-state index in [2.05, 4.69) is 34.9 Å². The lowest BCUT2D eigenvalue weighted by molar-refractivity contribution is -0.934. The molecule has 7 rings (SSSR count). The summed E-state index contributed by atoms with van der Waals surface area (Å²) in [7, 11) is 0. The predicted molar refractivity (Wildman–Crippen MR) is 135 cm³/mol. The first-order chi connectivity index (χ1) is 17.5. The van der Waals surface area contributed by atoms with Crippen LogP contribution in [-0.4, -0.2) is 54.7 Å². The molecule has 36 heavy (non-hydrogen) atoms. The average molecular weight is 483 g/mol. The zero-order chi connectivity index (χ0) is 24.7. The Morgan fingerprint density at radius 3 is 2.89 bits per heavy atom. The molecule has 2 aromatic rings. The first-order valence-corrected chi connectivity index (χ1v) is 12.7. The Labute approximate surface area is 209 Å². The summed E-state index contributed by atoms with van der Waals surface area (Å²) >= 11 is 0. The summed E-state index contributed by atoms with van der Waals surface area (Å²) < 4.78 is 6.17. The molecule has 0 unspecified atom stereocenters. The van der Waals surface area contributed by atoms with Crippen molar-refractivity contribution < 1.29 is 23.6 Å². The van der Waals surface area contributed by atoms with Crippen molar-refractivity contribution in [3.8, 4) is 5.75 Å². The maximum Gasteiger partial charge on any atom is 0.262 e. The summed E-state index contributed by atoms with van der Waals surface area (Å²) in [5.41, 5.74) is 6.39. The molecular weight excluding hydrogens is 454 g/mol. The van der Waals surface area contributed by atoms with E-state index in [0.717, 1.165) is 49.2 Å². The van der Waals surface area contributed by atoms with Crippen LogP contribution in [0.3, 0.4) is 0 Å².